The van der Waals surface area contributed by atoms with Crippen molar-refractivity contribution in [3.8, 4) is 17.6 Å². The first-order valence-electron chi connectivity index (χ1n) is 12.3. The Bertz CT molecular complexity index is 1560. The Labute approximate surface area is 227 Å². The van der Waals surface area contributed by atoms with Crippen molar-refractivity contribution in [2.24, 2.45) is 0 Å². The number of rotatable bonds is 6. The first kappa shape index (κ1) is 26.9. The number of nitrogens with zero attached hydrogens (tertiary/aromatic N) is 5. The molecule has 13 heteroatoms. The third kappa shape index (κ3) is 6.85. The van der Waals surface area contributed by atoms with Gasteiger partial charge in [0.2, 0.25) is 0 Å². The minimum absolute atomic E-state index is 0.0469. The van der Waals surface area contributed by atoms with Crippen LogP contribution in [0, 0.1) is 11.8 Å². The van der Waals surface area contributed by atoms with E-state index in [0.29, 0.717) is 55.4 Å². The predicted molar refractivity (Wildman–Crippen MR) is 140 cm³/mol. The first-order chi connectivity index (χ1) is 19.3. The molecule has 1 aliphatic rings. The summed E-state index contributed by atoms with van der Waals surface area (Å²) in [7, 11) is 0. The number of amides is 2. The summed E-state index contributed by atoms with van der Waals surface area (Å²) in [4.78, 5) is 22.9. The second-order valence-corrected chi connectivity index (χ2v) is 8.74. The van der Waals surface area contributed by atoms with E-state index >= 15 is 0 Å². The van der Waals surface area contributed by atoms with E-state index in [1.54, 1.807) is 35.1 Å². The van der Waals surface area contributed by atoms with Crippen molar-refractivity contribution in [3.05, 3.63) is 78.0 Å². The van der Waals surface area contributed by atoms with Gasteiger partial charge in [-0.2, -0.15) is 18.3 Å². The topological polar surface area (TPSA) is 106 Å². The number of nitrogens with one attached hydrogen (secondary N) is 2. The summed E-state index contributed by atoms with van der Waals surface area (Å²) >= 11 is 0. The lowest BCUT2D eigenvalue weighted by atomic mass is 10.1. The number of carbonyl (C=O) groups excluding carboxylic acids is 1. The Kier molecular flexibility index (Phi) is 8.09. The van der Waals surface area contributed by atoms with Gasteiger partial charge in [-0.05, 0) is 42.3 Å². The van der Waals surface area contributed by atoms with Gasteiger partial charge in [0, 0.05) is 43.3 Å². The van der Waals surface area contributed by atoms with Crippen LogP contribution in [0.15, 0.2) is 61.2 Å². The van der Waals surface area contributed by atoms with Crippen LogP contribution in [0.5, 0.6) is 5.75 Å². The summed E-state index contributed by atoms with van der Waals surface area (Å²) in [6, 6.07) is 7.80. The number of aromatic nitrogens is 4. The van der Waals surface area contributed by atoms with Crippen LogP contribution in [-0.4, -0.2) is 70.0 Å². The van der Waals surface area contributed by atoms with E-state index in [2.05, 4.69) is 42.4 Å². The SMILES string of the molecule is O=C(Nc1cncc(C#Cc2cnc3cccnn23)c1)Nc1ccc(OCCN2CCOCC2)c(C(F)(F)F)c1. The molecular formula is C27H24F3N7O3. The Balaban J connectivity index is 1.22. The van der Waals surface area contributed by atoms with E-state index in [1.807, 2.05) is 0 Å². The molecule has 1 saturated heterocycles. The molecule has 0 unspecified atom stereocenters. The van der Waals surface area contributed by atoms with E-state index in [4.69, 9.17) is 9.47 Å². The standard InChI is InChI=1S/C27H24F3N7O3/c28-27(29,30)23-15-20(4-6-24(23)40-13-10-36-8-11-39-12-9-36)34-26(38)35-21-14-19(16-31-17-21)3-5-22-18-32-25-2-1-7-33-37(22)25/h1-2,4,6-7,14-18H,8-13H2,(H2,34,35,38). The van der Waals surface area contributed by atoms with Crippen molar-refractivity contribution >= 4 is 23.1 Å². The maximum Gasteiger partial charge on any atom is 0.420 e. The van der Waals surface area contributed by atoms with E-state index in [-0.39, 0.29) is 18.0 Å². The molecule has 2 N–H and O–H groups in total. The van der Waals surface area contributed by atoms with Crippen LogP contribution >= 0.6 is 0 Å². The Hall–Kier alpha value is -4.67. The molecule has 4 heterocycles. The minimum atomic E-state index is -4.67. The van der Waals surface area contributed by atoms with Crippen molar-refractivity contribution in [1.29, 1.82) is 0 Å². The molecule has 0 spiro atoms. The van der Waals surface area contributed by atoms with Gasteiger partial charge in [-0.1, -0.05) is 5.92 Å². The summed E-state index contributed by atoms with van der Waals surface area (Å²) in [5, 5.41) is 9.18. The number of hydrogen-bond donors (Lipinski definition) is 2. The average molecular weight is 552 g/mol. The summed E-state index contributed by atoms with van der Waals surface area (Å²) in [6.45, 7) is 3.16. The van der Waals surface area contributed by atoms with Crippen LogP contribution in [0.1, 0.15) is 16.8 Å². The number of halogens is 3. The zero-order chi connectivity index (χ0) is 28.0. The molecule has 0 saturated carbocycles. The van der Waals surface area contributed by atoms with Crippen LogP contribution in [0.25, 0.3) is 5.65 Å². The van der Waals surface area contributed by atoms with Crippen molar-refractivity contribution in [2.75, 3.05) is 50.1 Å². The Morgan fingerprint density at radius 3 is 2.70 bits per heavy atom. The molecule has 40 heavy (non-hydrogen) atoms. The molecule has 4 aromatic rings. The highest BCUT2D eigenvalue weighted by Gasteiger charge is 2.35. The molecule has 0 radical (unpaired) electrons. The molecule has 5 rings (SSSR count). The molecule has 0 atom stereocenters. The summed E-state index contributed by atoms with van der Waals surface area (Å²) in [5.74, 6) is 5.59. The van der Waals surface area contributed by atoms with E-state index in [9.17, 15) is 18.0 Å². The van der Waals surface area contributed by atoms with Gasteiger partial charge in [0.05, 0.1) is 36.9 Å². The van der Waals surface area contributed by atoms with Crippen molar-refractivity contribution < 1.29 is 27.4 Å². The number of imidazole rings is 1. The van der Waals surface area contributed by atoms with Crippen LogP contribution in [0.4, 0.5) is 29.3 Å². The number of ether oxygens (including phenoxy) is 2. The number of hydrogen-bond acceptors (Lipinski definition) is 7. The molecule has 1 aliphatic heterocycles. The van der Waals surface area contributed by atoms with E-state index in [0.717, 1.165) is 6.07 Å². The minimum Gasteiger partial charge on any atom is -0.492 e. The number of benzene rings is 1. The van der Waals surface area contributed by atoms with Gasteiger partial charge in [-0.25, -0.2) is 14.3 Å². The Morgan fingerprint density at radius 2 is 1.88 bits per heavy atom. The summed E-state index contributed by atoms with van der Waals surface area (Å²) < 4.78 is 53.5. The third-order valence-electron chi connectivity index (χ3n) is 5.92. The largest absolute Gasteiger partial charge is 0.492 e. The summed E-state index contributed by atoms with van der Waals surface area (Å²) in [6.07, 6.45) is 1.45. The van der Waals surface area contributed by atoms with Crippen molar-refractivity contribution in [3.63, 3.8) is 0 Å². The third-order valence-corrected chi connectivity index (χ3v) is 5.92. The van der Waals surface area contributed by atoms with E-state index in [1.165, 1.54) is 24.5 Å². The van der Waals surface area contributed by atoms with E-state index < -0.39 is 17.8 Å². The molecule has 0 bridgehead atoms. The van der Waals surface area contributed by atoms with Crippen molar-refractivity contribution in [2.45, 2.75) is 6.18 Å². The number of carbonyl (C=O) groups is 1. The van der Waals surface area contributed by atoms with Gasteiger partial charge in [-0.3, -0.25) is 9.88 Å². The molecule has 1 aromatic carbocycles. The molecule has 3 aromatic heterocycles. The zero-order valence-electron chi connectivity index (χ0n) is 21.1. The number of morpholine rings is 1. The fourth-order valence-corrected chi connectivity index (χ4v) is 3.99. The first-order valence-corrected chi connectivity index (χ1v) is 12.3. The average Bonchev–Trinajstić information content (AvgIpc) is 3.36. The molecular weight excluding hydrogens is 527 g/mol. The number of alkyl halides is 3. The Morgan fingerprint density at radius 1 is 1.05 bits per heavy atom. The predicted octanol–water partition coefficient (Wildman–Crippen LogP) is 3.90. The van der Waals surface area contributed by atoms with Gasteiger partial charge in [-0.15, -0.1) is 0 Å². The monoisotopic (exact) mass is 551 g/mol. The van der Waals surface area contributed by atoms with Crippen molar-refractivity contribution in [1.82, 2.24) is 24.5 Å². The summed E-state index contributed by atoms with van der Waals surface area (Å²) in [5.41, 5.74) is 1.00. The maximum absolute atomic E-state index is 13.7. The highest BCUT2D eigenvalue weighted by Crippen LogP contribution is 2.38. The second-order valence-electron chi connectivity index (χ2n) is 8.74. The molecule has 0 aliphatic carbocycles. The molecule has 206 valence electrons. The maximum atomic E-state index is 13.7. The lowest BCUT2D eigenvalue weighted by Crippen LogP contribution is -2.38. The lowest BCUT2D eigenvalue weighted by Gasteiger charge is -2.26. The van der Waals surface area contributed by atoms with Crippen LogP contribution in [0.2, 0.25) is 0 Å². The van der Waals surface area contributed by atoms with Gasteiger partial charge in [0.1, 0.15) is 18.1 Å². The smallest absolute Gasteiger partial charge is 0.420 e. The van der Waals surface area contributed by atoms with Gasteiger partial charge in [0.15, 0.2) is 5.65 Å². The number of urea groups is 1. The van der Waals surface area contributed by atoms with Gasteiger partial charge in [0.25, 0.3) is 0 Å². The van der Waals surface area contributed by atoms with Gasteiger partial charge < -0.3 is 20.1 Å². The highest BCUT2D eigenvalue weighted by atomic mass is 19.4. The lowest BCUT2D eigenvalue weighted by molar-refractivity contribution is -0.138. The molecule has 1 fully saturated rings. The quantitative estimate of drug-likeness (QED) is 0.350. The van der Waals surface area contributed by atoms with Crippen LogP contribution in [0.3, 0.4) is 0 Å². The molecule has 10 nitrogen and oxygen atoms in total. The number of fused-ring (bicyclic) bond motifs is 1. The fourth-order valence-electron chi connectivity index (χ4n) is 3.99. The van der Waals surface area contributed by atoms with Crippen LogP contribution < -0.4 is 15.4 Å². The fraction of sp³-hybridized carbons (Fsp3) is 0.259. The molecule has 2 amide bonds. The zero-order valence-corrected chi connectivity index (χ0v) is 21.1. The number of anilines is 2. The normalized spacial score (nSPS) is 13.9. The number of pyridine rings is 1. The van der Waals surface area contributed by atoms with Gasteiger partial charge >= 0.3 is 12.2 Å². The second kappa shape index (κ2) is 12.0. The highest BCUT2D eigenvalue weighted by molar-refractivity contribution is 5.99. The van der Waals surface area contributed by atoms with Crippen LogP contribution in [-0.2, 0) is 10.9 Å².